The highest BCUT2D eigenvalue weighted by Crippen LogP contribution is 2.33. The molecule has 0 bridgehead atoms. The molecular formula is C14H22N2O2. The van der Waals surface area contributed by atoms with Crippen molar-refractivity contribution in [2.45, 2.75) is 50.5 Å². The zero-order valence-corrected chi connectivity index (χ0v) is 11.3. The molecule has 4 heteroatoms. The molecule has 0 unspecified atom stereocenters. The second-order valence-corrected chi connectivity index (χ2v) is 5.13. The summed E-state index contributed by atoms with van der Waals surface area (Å²) in [5.74, 6) is 0.255. The summed E-state index contributed by atoms with van der Waals surface area (Å²) < 4.78 is 7.40. The zero-order chi connectivity index (χ0) is 13.0. The first kappa shape index (κ1) is 13.3. The minimum absolute atomic E-state index is 0.255. The van der Waals surface area contributed by atoms with Crippen LogP contribution in [0.5, 0.6) is 0 Å². The summed E-state index contributed by atoms with van der Waals surface area (Å²) in [7, 11) is 3.58. The summed E-state index contributed by atoms with van der Waals surface area (Å²) in [6.07, 6.45) is 8.26. The second kappa shape index (κ2) is 5.65. The van der Waals surface area contributed by atoms with E-state index >= 15 is 0 Å². The van der Waals surface area contributed by atoms with Gasteiger partial charge in [0.25, 0.3) is 0 Å². The summed E-state index contributed by atoms with van der Waals surface area (Å²) in [6.45, 7) is 0. The van der Waals surface area contributed by atoms with Gasteiger partial charge in [0.2, 0.25) is 0 Å². The van der Waals surface area contributed by atoms with Crippen LogP contribution in [-0.2, 0) is 23.0 Å². The molecule has 0 saturated heterocycles. The lowest BCUT2D eigenvalue weighted by atomic mass is 9.80. The van der Waals surface area contributed by atoms with Crippen molar-refractivity contribution < 1.29 is 9.53 Å². The molecule has 100 valence electrons. The molecule has 4 nitrogen and oxygen atoms in total. The van der Waals surface area contributed by atoms with Gasteiger partial charge in [0.1, 0.15) is 5.60 Å². The molecule has 1 heterocycles. The molecule has 0 aliphatic heterocycles. The summed E-state index contributed by atoms with van der Waals surface area (Å²) in [4.78, 5) is 12.4. The SMILES string of the molecule is COC1(C(=O)CCc2ccnn2C)CCCCC1. The normalized spacial score (nSPS) is 18.8. The lowest BCUT2D eigenvalue weighted by molar-refractivity contribution is -0.145. The van der Waals surface area contributed by atoms with Gasteiger partial charge in [-0.15, -0.1) is 0 Å². The van der Waals surface area contributed by atoms with E-state index in [1.165, 1.54) is 6.42 Å². The molecule has 2 rings (SSSR count). The van der Waals surface area contributed by atoms with Gasteiger partial charge in [0.15, 0.2) is 5.78 Å². The Morgan fingerprint density at radius 2 is 2.17 bits per heavy atom. The Bertz CT molecular complexity index is 406. The fourth-order valence-corrected chi connectivity index (χ4v) is 2.84. The van der Waals surface area contributed by atoms with Crippen LogP contribution in [0, 0.1) is 0 Å². The number of nitrogens with zero attached hydrogens (tertiary/aromatic N) is 2. The topological polar surface area (TPSA) is 44.1 Å². The van der Waals surface area contributed by atoms with Crippen LogP contribution in [0.15, 0.2) is 12.3 Å². The van der Waals surface area contributed by atoms with Crippen LogP contribution in [0.1, 0.15) is 44.2 Å². The van der Waals surface area contributed by atoms with Crippen molar-refractivity contribution in [2.24, 2.45) is 7.05 Å². The Kier molecular flexibility index (Phi) is 4.17. The van der Waals surface area contributed by atoms with Crippen LogP contribution in [0.2, 0.25) is 0 Å². The quantitative estimate of drug-likeness (QED) is 0.805. The van der Waals surface area contributed by atoms with Crippen LogP contribution in [0.4, 0.5) is 0 Å². The zero-order valence-electron chi connectivity index (χ0n) is 11.3. The molecule has 0 spiro atoms. The van der Waals surface area contributed by atoms with Crippen molar-refractivity contribution >= 4 is 5.78 Å². The molecule has 0 N–H and O–H groups in total. The Balaban J connectivity index is 1.96. The standard InChI is InChI=1S/C14H22N2O2/c1-16-12(8-11-15-16)6-7-13(17)14(18-2)9-4-3-5-10-14/h8,11H,3-7,9-10H2,1-2H3. The van der Waals surface area contributed by atoms with Gasteiger partial charge in [0.05, 0.1) is 0 Å². The number of rotatable bonds is 5. The van der Waals surface area contributed by atoms with Gasteiger partial charge >= 0.3 is 0 Å². The maximum absolute atomic E-state index is 12.4. The number of ether oxygens (including phenoxy) is 1. The Morgan fingerprint density at radius 1 is 1.44 bits per heavy atom. The molecule has 1 aliphatic rings. The highest BCUT2D eigenvalue weighted by molar-refractivity contribution is 5.87. The summed E-state index contributed by atoms with van der Waals surface area (Å²) >= 11 is 0. The summed E-state index contributed by atoms with van der Waals surface area (Å²) in [6, 6.07) is 1.97. The Hall–Kier alpha value is -1.16. The highest BCUT2D eigenvalue weighted by Gasteiger charge is 2.38. The fraction of sp³-hybridized carbons (Fsp3) is 0.714. The number of aryl methyl sites for hydroxylation is 2. The molecule has 18 heavy (non-hydrogen) atoms. The maximum atomic E-state index is 12.4. The van der Waals surface area contributed by atoms with Gasteiger partial charge in [-0.3, -0.25) is 9.48 Å². The third-order valence-corrected chi connectivity index (χ3v) is 4.09. The highest BCUT2D eigenvalue weighted by atomic mass is 16.5. The Labute approximate surface area is 108 Å². The number of ketones is 1. The minimum atomic E-state index is -0.503. The molecule has 0 amide bonds. The molecule has 1 saturated carbocycles. The number of hydrogen-bond acceptors (Lipinski definition) is 3. The van der Waals surface area contributed by atoms with Crippen LogP contribution in [-0.4, -0.2) is 28.3 Å². The van der Waals surface area contributed by atoms with Gasteiger partial charge in [-0.1, -0.05) is 19.3 Å². The summed E-state index contributed by atoms with van der Waals surface area (Å²) in [5.41, 5.74) is 0.599. The van der Waals surface area contributed by atoms with E-state index in [9.17, 15) is 4.79 Å². The van der Waals surface area contributed by atoms with Crippen LogP contribution in [0.25, 0.3) is 0 Å². The van der Waals surface area contributed by atoms with Crippen molar-refractivity contribution in [2.75, 3.05) is 7.11 Å². The van der Waals surface area contributed by atoms with Crippen molar-refractivity contribution in [3.8, 4) is 0 Å². The largest absolute Gasteiger partial charge is 0.370 e. The molecular weight excluding hydrogens is 228 g/mol. The van der Waals surface area contributed by atoms with Gasteiger partial charge in [-0.25, -0.2) is 0 Å². The maximum Gasteiger partial charge on any atom is 0.164 e. The van der Waals surface area contributed by atoms with Crippen LogP contribution >= 0.6 is 0 Å². The fourth-order valence-electron chi connectivity index (χ4n) is 2.84. The van der Waals surface area contributed by atoms with Gasteiger partial charge in [0, 0.05) is 32.5 Å². The van der Waals surface area contributed by atoms with Gasteiger partial charge < -0.3 is 4.74 Å². The third-order valence-electron chi connectivity index (χ3n) is 4.09. The monoisotopic (exact) mass is 250 g/mol. The van der Waals surface area contributed by atoms with Crippen LogP contribution in [0.3, 0.4) is 0 Å². The van der Waals surface area contributed by atoms with E-state index in [4.69, 9.17) is 4.74 Å². The lowest BCUT2D eigenvalue weighted by Crippen LogP contribution is -2.42. The molecule has 0 radical (unpaired) electrons. The number of carbonyl (C=O) groups is 1. The number of methoxy groups -OCH3 is 1. The van der Waals surface area contributed by atoms with E-state index in [1.54, 1.807) is 13.3 Å². The molecule has 1 fully saturated rings. The molecule has 0 atom stereocenters. The minimum Gasteiger partial charge on any atom is -0.370 e. The number of Topliss-reactive ketones (excluding diaryl/α,β-unsaturated/α-hetero) is 1. The van der Waals surface area contributed by atoms with Gasteiger partial charge in [-0.05, 0) is 25.3 Å². The Morgan fingerprint density at radius 3 is 2.72 bits per heavy atom. The van der Waals surface area contributed by atoms with E-state index < -0.39 is 5.60 Å². The lowest BCUT2D eigenvalue weighted by Gasteiger charge is -2.34. The van der Waals surface area contributed by atoms with Crippen LogP contribution < -0.4 is 0 Å². The van der Waals surface area contributed by atoms with Crippen molar-refractivity contribution in [1.29, 1.82) is 0 Å². The predicted octanol–water partition coefficient (Wildman–Crippen LogP) is 2.27. The molecule has 1 aromatic rings. The average molecular weight is 250 g/mol. The van der Waals surface area contributed by atoms with Crippen molar-refractivity contribution in [1.82, 2.24) is 9.78 Å². The van der Waals surface area contributed by atoms with E-state index in [1.807, 2.05) is 17.8 Å². The second-order valence-electron chi connectivity index (χ2n) is 5.13. The third kappa shape index (κ3) is 2.64. The smallest absolute Gasteiger partial charge is 0.164 e. The number of hydrogen-bond donors (Lipinski definition) is 0. The van der Waals surface area contributed by atoms with Gasteiger partial charge in [-0.2, -0.15) is 5.10 Å². The summed E-state index contributed by atoms with van der Waals surface area (Å²) in [5, 5.41) is 4.12. The van der Waals surface area contributed by atoms with Crippen molar-refractivity contribution in [3.63, 3.8) is 0 Å². The van der Waals surface area contributed by atoms with E-state index in [2.05, 4.69) is 5.10 Å². The molecule has 1 aromatic heterocycles. The first-order valence-corrected chi connectivity index (χ1v) is 6.73. The first-order valence-electron chi connectivity index (χ1n) is 6.73. The molecule has 0 aromatic carbocycles. The molecule has 1 aliphatic carbocycles. The average Bonchev–Trinajstić information content (AvgIpc) is 2.82. The van der Waals surface area contributed by atoms with E-state index in [0.717, 1.165) is 37.8 Å². The number of aromatic nitrogens is 2. The predicted molar refractivity (Wildman–Crippen MR) is 69.4 cm³/mol. The van der Waals surface area contributed by atoms with Crippen molar-refractivity contribution in [3.05, 3.63) is 18.0 Å². The van der Waals surface area contributed by atoms with E-state index in [0.29, 0.717) is 6.42 Å². The first-order chi connectivity index (χ1) is 8.68. The number of carbonyl (C=O) groups excluding carboxylic acids is 1. The van der Waals surface area contributed by atoms with E-state index in [-0.39, 0.29) is 5.78 Å².